The molecule has 0 aromatic heterocycles. The Bertz CT molecular complexity index is 54.9. The van der Waals surface area contributed by atoms with E-state index in [4.69, 9.17) is 33.3 Å². The minimum atomic E-state index is -0.346. The molecule has 0 fully saturated rings. The molecule has 0 spiro atoms. The summed E-state index contributed by atoms with van der Waals surface area (Å²) >= 11 is -0.346. The summed E-state index contributed by atoms with van der Waals surface area (Å²) in [6.45, 7) is 13.5. The Labute approximate surface area is 68.5 Å². The normalized spacial score (nSPS) is 3.11. The molecule has 0 aliphatic carbocycles. The molecule has 0 N–H and O–H groups in total. The minimum absolute atomic E-state index is 0.346. The van der Waals surface area contributed by atoms with Crippen LogP contribution in [-0.2, 0) is 29.1 Å². The predicted octanol–water partition coefficient (Wildman–Crippen LogP) is 1.26. The van der Waals surface area contributed by atoms with E-state index in [0.717, 1.165) is 0 Å². The fraction of sp³-hybridized carbons (Fsp3) is 0. The summed E-state index contributed by atoms with van der Waals surface area (Å²) in [6, 6.07) is 0. The van der Waals surface area contributed by atoms with Gasteiger partial charge in [-0.1, -0.05) is 0 Å². The molecule has 0 aromatic carbocycles. The van der Waals surface area contributed by atoms with Crippen LogP contribution in [0, 0.1) is 20.0 Å². The van der Waals surface area contributed by atoms with Gasteiger partial charge < -0.3 is 0 Å². The Morgan fingerprint density at radius 1 is 0.778 bits per heavy atom. The molecule has 0 amide bonds. The van der Waals surface area contributed by atoms with Crippen molar-refractivity contribution < 1.29 is 29.1 Å². The van der Waals surface area contributed by atoms with Gasteiger partial charge in [0, 0.05) is 0 Å². The summed E-state index contributed by atoms with van der Waals surface area (Å²) in [5.74, 6) is 0. The van der Waals surface area contributed by atoms with E-state index in [1.165, 1.54) is 0 Å². The molecule has 0 bridgehead atoms. The van der Waals surface area contributed by atoms with Crippen molar-refractivity contribution in [1.29, 1.82) is 0 Å². The maximum absolute atomic E-state index is 7.50. The van der Waals surface area contributed by atoms with Crippen molar-refractivity contribution in [1.82, 2.24) is 0 Å². The van der Waals surface area contributed by atoms with Crippen molar-refractivity contribution in [3.63, 3.8) is 0 Å². The van der Waals surface area contributed by atoms with E-state index in [0.29, 0.717) is 0 Å². The van der Waals surface area contributed by atoms with Crippen LogP contribution in [0.5, 0.6) is 0 Å². The Morgan fingerprint density at radius 2 is 0.778 bits per heavy atom. The molecule has 0 rings (SSSR count). The predicted molar refractivity (Wildman–Crippen MR) is 23.5 cm³/mol. The van der Waals surface area contributed by atoms with E-state index >= 15 is 0 Å². The van der Waals surface area contributed by atoms with Crippen molar-refractivity contribution in [2.75, 3.05) is 0 Å². The first-order valence-electron chi connectivity index (χ1n) is 0.880. The first-order chi connectivity index (χ1) is 4.41. The van der Waals surface area contributed by atoms with E-state index in [2.05, 4.69) is 20.0 Å². The van der Waals surface area contributed by atoms with Crippen LogP contribution in [0.25, 0.3) is 0 Å². The number of halogens is 2. The van der Waals surface area contributed by atoms with E-state index in [-0.39, 0.29) is 15.1 Å². The first kappa shape index (κ1) is 22.7. The summed E-state index contributed by atoms with van der Waals surface area (Å²) in [6.07, 6.45) is 0. The molecule has 0 saturated carbocycles. The second kappa shape index (κ2) is 229. The molecular formula is C3Cl2O3Ru. The standard InChI is InChI=1S/3CO.2ClH.Ru/c3*1-2;;;/h;;;2*1H;/q;;;;;+2/p-2. The fourth-order valence-electron chi connectivity index (χ4n) is 0. The van der Waals surface area contributed by atoms with Gasteiger partial charge in [0.25, 0.3) is 0 Å². The summed E-state index contributed by atoms with van der Waals surface area (Å²) < 4.78 is 22.5. The third-order valence-electron chi connectivity index (χ3n) is 0. The van der Waals surface area contributed by atoms with Crippen molar-refractivity contribution in [3.05, 3.63) is 20.0 Å². The molecule has 0 atom stereocenters. The summed E-state index contributed by atoms with van der Waals surface area (Å²) in [5, 5.41) is 0. The zero-order valence-electron chi connectivity index (χ0n) is 3.83. The number of hydrogen-bond acceptors (Lipinski definition) is 0. The molecular weight excluding hydrogens is 256 g/mol. The molecule has 0 unspecified atom stereocenters. The van der Waals surface area contributed by atoms with Crippen molar-refractivity contribution in [3.8, 4) is 0 Å². The summed E-state index contributed by atoms with van der Waals surface area (Å²) in [5.41, 5.74) is 0. The van der Waals surface area contributed by atoms with Gasteiger partial charge in [-0.15, -0.1) is 0 Å². The third kappa shape index (κ3) is 1940. The molecule has 52 valence electrons. The van der Waals surface area contributed by atoms with Crippen LogP contribution < -0.4 is 0 Å². The molecule has 0 aliphatic rings. The molecule has 9 heavy (non-hydrogen) atoms. The van der Waals surface area contributed by atoms with E-state index < -0.39 is 0 Å². The topological polar surface area (TPSA) is 59.7 Å². The number of rotatable bonds is 0. The van der Waals surface area contributed by atoms with Crippen LogP contribution in [0.15, 0.2) is 0 Å². The molecule has 0 radical (unpaired) electrons. The monoisotopic (exact) mass is 256 g/mol. The molecule has 0 saturated heterocycles. The SMILES string of the molecule is [C-]#[O+].[C-]#[O+].[C-]#[O+].[Cl][Ru][Cl]. The molecule has 3 nitrogen and oxygen atoms in total. The zero-order chi connectivity index (χ0) is 8.71. The average Bonchev–Trinajstić information content (AvgIpc) is 2.01. The molecule has 6 heteroatoms. The Balaban J connectivity index is -0.0000000190. The number of hydrogen-bond donors (Lipinski definition) is 0. The van der Waals surface area contributed by atoms with Gasteiger partial charge in [0.05, 0.1) is 0 Å². The van der Waals surface area contributed by atoms with Gasteiger partial charge in [0.2, 0.25) is 0 Å². The van der Waals surface area contributed by atoms with Crippen molar-refractivity contribution in [2.24, 2.45) is 0 Å². The van der Waals surface area contributed by atoms with Crippen molar-refractivity contribution in [2.45, 2.75) is 0 Å². The van der Waals surface area contributed by atoms with Gasteiger partial charge in [-0.25, -0.2) is 0 Å². The second-order valence-corrected chi connectivity index (χ2v) is 2.69. The molecule has 0 aliphatic heterocycles. The summed E-state index contributed by atoms with van der Waals surface area (Å²) in [7, 11) is 9.71. The second-order valence-electron chi connectivity index (χ2n) is 0.0505. The van der Waals surface area contributed by atoms with E-state index in [9.17, 15) is 0 Å². The Morgan fingerprint density at radius 3 is 0.778 bits per heavy atom. The van der Waals surface area contributed by atoms with Gasteiger partial charge in [0.1, 0.15) is 0 Å². The van der Waals surface area contributed by atoms with Crippen LogP contribution in [-0.4, -0.2) is 0 Å². The third-order valence-corrected chi connectivity index (χ3v) is 0. The summed E-state index contributed by atoms with van der Waals surface area (Å²) in [4.78, 5) is 0. The van der Waals surface area contributed by atoms with Crippen LogP contribution in [0.2, 0.25) is 0 Å². The molecule has 0 aromatic rings. The van der Waals surface area contributed by atoms with E-state index in [1.807, 2.05) is 0 Å². The Kier molecular flexibility index (Phi) is 579. The van der Waals surface area contributed by atoms with Crippen molar-refractivity contribution >= 4 is 19.4 Å². The maximum atomic E-state index is 7.50. The quantitative estimate of drug-likeness (QED) is 0.356. The van der Waals surface area contributed by atoms with Crippen LogP contribution in [0.3, 0.4) is 0 Å². The van der Waals surface area contributed by atoms with Gasteiger partial charge >= 0.3 is 68.4 Å². The fourth-order valence-corrected chi connectivity index (χ4v) is 0. The zero-order valence-corrected chi connectivity index (χ0v) is 7.08. The van der Waals surface area contributed by atoms with Crippen LogP contribution in [0.1, 0.15) is 0 Å². The van der Waals surface area contributed by atoms with E-state index in [1.54, 1.807) is 0 Å². The Hall–Kier alpha value is 0.423. The van der Waals surface area contributed by atoms with Gasteiger partial charge in [0.15, 0.2) is 0 Å². The van der Waals surface area contributed by atoms with Crippen LogP contribution >= 0.6 is 19.4 Å². The van der Waals surface area contributed by atoms with Crippen LogP contribution in [0.4, 0.5) is 0 Å². The van der Waals surface area contributed by atoms with Gasteiger partial charge in [-0.05, 0) is 0 Å². The first-order valence-corrected chi connectivity index (χ1v) is 5.36. The van der Waals surface area contributed by atoms with Gasteiger partial charge in [-0.3, -0.25) is 0 Å². The molecule has 0 heterocycles. The van der Waals surface area contributed by atoms with Gasteiger partial charge in [-0.2, -0.15) is 0 Å². The average molecular weight is 256 g/mol.